The van der Waals surface area contributed by atoms with Crippen LogP contribution in [0.1, 0.15) is 22.5 Å². The number of hydrogen-bond donors (Lipinski definition) is 2. The minimum atomic E-state index is 0.566. The predicted octanol–water partition coefficient (Wildman–Crippen LogP) is 6.24. The smallest absolute Gasteiger partial charge is 0.209 e. The zero-order chi connectivity index (χ0) is 29.4. The van der Waals surface area contributed by atoms with Crippen molar-refractivity contribution >= 4 is 23.5 Å². The Morgan fingerprint density at radius 1 is 0.674 bits per heavy atom. The molecule has 6 aromatic rings. The molecule has 2 N–H and O–H groups in total. The van der Waals surface area contributed by atoms with Crippen molar-refractivity contribution in [1.29, 1.82) is 0 Å². The number of methoxy groups -OCH3 is 2. The van der Waals surface area contributed by atoms with Gasteiger partial charge in [0, 0.05) is 41.4 Å². The maximum absolute atomic E-state index is 5.75. The van der Waals surface area contributed by atoms with Crippen LogP contribution in [0.3, 0.4) is 0 Å². The molecule has 0 unspecified atom stereocenters. The molecule has 216 valence electrons. The van der Waals surface area contributed by atoms with Gasteiger partial charge in [-0.2, -0.15) is 0 Å². The molecule has 0 amide bonds. The maximum atomic E-state index is 5.75. The molecule has 0 aliphatic rings. The van der Waals surface area contributed by atoms with E-state index in [2.05, 4.69) is 36.4 Å². The summed E-state index contributed by atoms with van der Waals surface area (Å²) in [6.45, 7) is 0. The molecule has 0 spiro atoms. The van der Waals surface area contributed by atoms with E-state index in [4.69, 9.17) is 19.4 Å². The zero-order valence-corrected chi connectivity index (χ0v) is 25.2. The van der Waals surface area contributed by atoms with Crippen molar-refractivity contribution in [3.8, 4) is 34.3 Å². The number of aromatic nitrogens is 8. The van der Waals surface area contributed by atoms with Crippen molar-refractivity contribution < 1.29 is 9.47 Å². The van der Waals surface area contributed by atoms with E-state index >= 15 is 0 Å². The topological polar surface area (TPSA) is 127 Å². The minimum Gasteiger partial charge on any atom is -0.497 e. The van der Waals surface area contributed by atoms with Gasteiger partial charge in [-0.3, -0.25) is 20.2 Å². The van der Waals surface area contributed by atoms with Gasteiger partial charge in [0.1, 0.15) is 11.5 Å². The van der Waals surface area contributed by atoms with Crippen LogP contribution in [0.25, 0.3) is 22.8 Å². The molecule has 12 heteroatoms. The number of benzene rings is 2. The van der Waals surface area contributed by atoms with E-state index in [1.807, 2.05) is 66.7 Å². The van der Waals surface area contributed by atoms with Crippen LogP contribution in [0.5, 0.6) is 11.5 Å². The molecule has 0 aliphatic carbocycles. The fourth-order valence-corrected chi connectivity index (χ4v) is 5.89. The Bertz CT molecular complexity index is 1790. The zero-order valence-electron chi connectivity index (χ0n) is 23.5. The van der Waals surface area contributed by atoms with Crippen molar-refractivity contribution in [2.45, 2.75) is 28.2 Å². The lowest BCUT2D eigenvalue weighted by Gasteiger charge is -2.13. The van der Waals surface area contributed by atoms with E-state index in [9.17, 15) is 0 Å². The lowest BCUT2D eigenvalue weighted by Crippen LogP contribution is -1.99. The summed E-state index contributed by atoms with van der Waals surface area (Å²) in [6.07, 6.45) is 4.14. The Kier molecular flexibility index (Phi) is 8.95. The molecule has 0 bridgehead atoms. The first-order valence-electron chi connectivity index (χ1n) is 13.4. The fraction of sp³-hybridized carbons (Fsp3) is 0.161. The molecular formula is C31H28N8O2S2. The van der Waals surface area contributed by atoms with Crippen LogP contribution in [0.2, 0.25) is 0 Å². The molecule has 0 atom stereocenters. The first-order valence-corrected chi connectivity index (χ1v) is 15.4. The summed E-state index contributed by atoms with van der Waals surface area (Å²) in [5, 5.41) is 16.3. The van der Waals surface area contributed by atoms with Gasteiger partial charge in [0.25, 0.3) is 0 Å². The average Bonchev–Trinajstić information content (AvgIpc) is 3.74. The largest absolute Gasteiger partial charge is 0.497 e. The fourth-order valence-electron chi connectivity index (χ4n) is 4.46. The van der Waals surface area contributed by atoms with Crippen LogP contribution >= 0.6 is 23.5 Å². The molecule has 0 saturated carbocycles. The van der Waals surface area contributed by atoms with Gasteiger partial charge >= 0.3 is 0 Å². The molecule has 2 aromatic carbocycles. The summed E-state index contributed by atoms with van der Waals surface area (Å²) >= 11 is 3.07. The predicted molar refractivity (Wildman–Crippen MR) is 167 cm³/mol. The van der Waals surface area contributed by atoms with Gasteiger partial charge in [0.05, 0.1) is 25.6 Å². The highest BCUT2D eigenvalue weighted by atomic mass is 32.2. The second kappa shape index (κ2) is 13.5. The van der Waals surface area contributed by atoms with Crippen molar-refractivity contribution in [2.75, 3.05) is 14.2 Å². The lowest BCUT2D eigenvalue weighted by atomic mass is 9.97. The number of nitrogens with zero attached hydrogens (tertiary/aromatic N) is 6. The molecule has 4 heterocycles. The first kappa shape index (κ1) is 28.4. The Balaban J connectivity index is 1.24. The number of H-pyrrole nitrogens is 2. The number of hydrogen-bond acceptors (Lipinski definition) is 10. The molecule has 4 aromatic heterocycles. The molecular weight excluding hydrogens is 581 g/mol. The second-order valence-corrected chi connectivity index (χ2v) is 11.3. The third-order valence-corrected chi connectivity index (χ3v) is 8.34. The minimum absolute atomic E-state index is 0.566. The Hall–Kier alpha value is -4.68. The summed E-state index contributed by atoms with van der Waals surface area (Å²) in [4.78, 5) is 18.2. The monoisotopic (exact) mass is 608 g/mol. The number of rotatable bonds is 12. The van der Waals surface area contributed by atoms with Gasteiger partial charge in [-0.25, -0.2) is 9.97 Å². The Morgan fingerprint density at radius 3 is 1.98 bits per heavy atom. The van der Waals surface area contributed by atoms with Crippen molar-refractivity contribution in [3.05, 3.63) is 108 Å². The van der Waals surface area contributed by atoms with Gasteiger partial charge in [-0.15, -0.1) is 10.2 Å². The molecule has 0 aliphatic heterocycles. The van der Waals surface area contributed by atoms with E-state index in [0.717, 1.165) is 45.1 Å². The van der Waals surface area contributed by atoms with Gasteiger partial charge < -0.3 is 9.47 Å². The van der Waals surface area contributed by atoms with Gasteiger partial charge in [0.2, 0.25) is 10.3 Å². The summed E-state index contributed by atoms with van der Waals surface area (Å²) in [5.41, 5.74) is 5.78. The molecule has 0 saturated heterocycles. The Labute approximate surface area is 257 Å². The van der Waals surface area contributed by atoms with Crippen molar-refractivity contribution in [2.24, 2.45) is 0 Å². The van der Waals surface area contributed by atoms with Crippen molar-refractivity contribution in [1.82, 2.24) is 40.3 Å². The van der Waals surface area contributed by atoms with Crippen LogP contribution in [0.4, 0.5) is 0 Å². The third kappa shape index (κ3) is 7.04. The van der Waals surface area contributed by atoms with Crippen LogP contribution in [0.15, 0.2) is 95.5 Å². The standard InChI is InChI=1S/C31H28N8O2S2/c1-40-25-10-11-26(29-35-31(39-37-29)43-19-24-8-4-6-14-33-24)21(17-25)16-22-15-20(9-12-27(22)41-2)28-34-30(38-36-28)42-18-23-7-3-5-13-32-23/h3-15,17H,16,18-19H2,1-2H3,(H,34,36,38)(H,35,37,39). The van der Waals surface area contributed by atoms with E-state index in [1.165, 1.54) is 23.5 Å². The average molecular weight is 609 g/mol. The molecule has 43 heavy (non-hydrogen) atoms. The summed E-state index contributed by atoms with van der Waals surface area (Å²) in [5.74, 6) is 4.26. The van der Waals surface area contributed by atoms with E-state index in [-0.39, 0.29) is 0 Å². The van der Waals surface area contributed by atoms with Crippen LogP contribution < -0.4 is 9.47 Å². The van der Waals surface area contributed by atoms with Crippen LogP contribution in [-0.2, 0) is 17.9 Å². The number of pyridine rings is 2. The SMILES string of the molecule is COc1ccc(-c2nc(SCc3ccccn3)n[nH]2)c(Cc2cc(-c3nc(SCc4ccccn4)n[nH]3)ccc2OC)c1. The highest BCUT2D eigenvalue weighted by molar-refractivity contribution is 7.98. The summed E-state index contributed by atoms with van der Waals surface area (Å²) < 4.78 is 11.3. The van der Waals surface area contributed by atoms with E-state index in [0.29, 0.717) is 39.9 Å². The normalized spacial score (nSPS) is 11.0. The lowest BCUT2D eigenvalue weighted by molar-refractivity contribution is 0.410. The van der Waals surface area contributed by atoms with Gasteiger partial charge in [0.15, 0.2) is 11.6 Å². The van der Waals surface area contributed by atoms with Gasteiger partial charge in [-0.05, 0) is 71.8 Å². The molecule has 0 fully saturated rings. The van der Waals surface area contributed by atoms with Crippen LogP contribution in [-0.4, -0.2) is 54.6 Å². The molecule has 10 nitrogen and oxygen atoms in total. The first-order chi connectivity index (χ1) is 21.2. The number of aromatic amines is 2. The Morgan fingerprint density at radius 2 is 1.35 bits per heavy atom. The highest BCUT2D eigenvalue weighted by Crippen LogP contribution is 2.33. The van der Waals surface area contributed by atoms with Gasteiger partial charge in [-0.1, -0.05) is 35.7 Å². The summed E-state index contributed by atoms with van der Waals surface area (Å²) in [6, 6.07) is 23.7. The number of ether oxygens (including phenoxy) is 2. The number of thioether (sulfide) groups is 2. The quantitative estimate of drug-likeness (QED) is 0.154. The maximum Gasteiger partial charge on any atom is 0.209 e. The number of nitrogens with one attached hydrogen (secondary N) is 2. The summed E-state index contributed by atoms with van der Waals surface area (Å²) in [7, 11) is 3.33. The molecule has 0 radical (unpaired) electrons. The van der Waals surface area contributed by atoms with Crippen molar-refractivity contribution in [3.63, 3.8) is 0 Å². The third-order valence-electron chi connectivity index (χ3n) is 6.58. The molecule has 6 rings (SSSR count). The van der Waals surface area contributed by atoms with E-state index in [1.54, 1.807) is 26.6 Å². The highest BCUT2D eigenvalue weighted by Gasteiger charge is 2.16. The van der Waals surface area contributed by atoms with E-state index < -0.39 is 0 Å². The second-order valence-electron chi connectivity index (χ2n) is 9.38. The van der Waals surface area contributed by atoms with Crippen LogP contribution in [0, 0.1) is 0 Å².